The van der Waals surface area contributed by atoms with Gasteiger partial charge in [0, 0.05) is 0 Å². The third kappa shape index (κ3) is 3.12. The zero-order valence-electron chi connectivity index (χ0n) is 8.54. The van der Waals surface area contributed by atoms with Crippen molar-refractivity contribution in [3.63, 3.8) is 0 Å². The van der Waals surface area contributed by atoms with Crippen molar-refractivity contribution < 1.29 is 4.79 Å². The first kappa shape index (κ1) is 12.2. The molecule has 0 unspecified atom stereocenters. The van der Waals surface area contributed by atoms with E-state index in [-0.39, 0.29) is 6.03 Å². The Morgan fingerprint density at radius 2 is 1.76 bits per heavy atom. The molecular weight excluding hydrogens is 279 g/mol. The summed E-state index contributed by atoms with van der Waals surface area (Å²) >= 11 is 13.3. The molecule has 2 aromatic rings. The second-order valence-corrected chi connectivity index (χ2v) is 4.92. The predicted octanol–water partition coefficient (Wildman–Crippen LogP) is 4.70. The van der Waals surface area contributed by atoms with Gasteiger partial charge in [0.15, 0.2) is 0 Å². The highest BCUT2D eigenvalue weighted by atomic mass is 35.5. The lowest BCUT2D eigenvalue weighted by atomic mass is 10.3. The quantitative estimate of drug-likeness (QED) is 0.826. The number of carbonyl (C=O) groups is 1. The minimum Gasteiger partial charge on any atom is -0.305 e. The van der Waals surface area contributed by atoms with Crippen molar-refractivity contribution in [2.24, 2.45) is 0 Å². The van der Waals surface area contributed by atoms with Crippen LogP contribution in [0.2, 0.25) is 10.0 Å². The average Bonchev–Trinajstić information content (AvgIpc) is 2.76. The van der Waals surface area contributed by atoms with E-state index in [1.807, 2.05) is 11.4 Å². The number of amides is 2. The summed E-state index contributed by atoms with van der Waals surface area (Å²) in [5.41, 5.74) is 0.407. The van der Waals surface area contributed by atoms with E-state index in [2.05, 4.69) is 10.6 Å². The number of rotatable bonds is 2. The highest BCUT2D eigenvalue weighted by molar-refractivity contribution is 7.14. The van der Waals surface area contributed by atoms with Crippen molar-refractivity contribution in [3.8, 4) is 0 Å². The second kappa shape index (κ2) is 5.40. The summed E-state index contributed by atoms with van der Waals surface area (Å²) < 4.78 is 0. The fraction of sp³-hybridized carbons (Fsp3) is 0. The van der Waals surface area contributed by atoms with Gasteiger partial charge in [-0.2, -0.15) is 0 Å². The minimum atomic E-state index is -0.373. The van der Waals surface area contributed by atoms with Crippen LogP contribution in [0.3, 0.4) is 0 Å². The summed E-state index contributed by atoms with van der Waals surface area (Å²) in [6, 6.07) is 8.32. The van der Waals surface area contributed by atoms with Crippen molar-refractivity contribution >= 4 is 51.3 Å². The monoisotopic (exact) mass is 286 g/mol. The highest BCUT2D eigenvalue weighted by Gasteiger charge is 2.09. The number of hydrogen-bond acceptors (Lipinski definition) is 2. The molecule has 2 rings (SSSR count). The van der Waals surface area contributed by atoms with Crippen LogP contribution in [-0.2, 0) is 0 Å². The fourth-order valence-corrected chi connectivity index (χ4v) is 2.33. The molecule has 2 N–H and O–H groups in total. The Morgan fingerprint density at radius 3 is 2.35 bits per heavy atom. The number of nitrogens with one attached hydrogen (secondary N) is 2. The van der Waals surface area contributed by atoms with Gasteiger partial charge in [0.1, 0.15) is 0 Å². The molecule has 0 aliphatic carbocycles. The van der Waals surface area contributed by atoms with Crippen LogP contribution >= 0.6 is 34.5 Å². The second-order valence-electron chi connectivity index (χ2n) is 3.15. The molecule has 0 bridgehead atoms. The molecule has 0 aliphatic rings. The molecular formula is C11H8Cl2N2OS. The smallest absolute Gasteiger partial charge is 0.305 e. The van der Waals surface area contributed by atoms with E-state index in [1.165, 1.54) is 11.3 Å². The van der Waals surface area contributed by atoms with Crippen LogP contribution in [0.5, 0.6) is 0 Å². The summed E-state index contributed by atoms with van der Waals surface area (Å²) in [5, 5.41) is 8.72. The fourth-order valence-electron chi connectivity index (χ4n) is 1.22. The molecule has 17 heavy (non-hydrogen) atoms. The molecule has 6 heteroatoms. The van der Waals surface area contributed by atoms with E-state index in [9.17, 15) is 4.79 Å². The largest absolute Gasteiger partial charge is 0.324 e. The third-order valence-electron chi connectivity index (χ3n) is 1.96. The van der Waals surface area contributed by atoms with Crippen LogP contribution in [0.25, 0.3) is 0 Å². The molecule has 1 heterocycles. The molecule has 1 aromatic carbocycles. The molecule has 0 spiro atoms. The van der Waals surface area contributed by atoms with Crippen molar-refractivity contribution in [2.75, 3.05) is 10.6 Å². The summed E-state index contributed by atoms with van der Waals surface area (Å²) in [4.78, 5) is 11.7. The number of para-hydroxylation sites is 1. The van der Waals surface area contributed by atoms with Gasteiger partial charge in [-0.25, -0.2) is 4.79 Å². The Kier molecular flexibility index (Phi) is 3.89. The lowest BCUT2D eigenvalue weighted by Gasteiger charge is -2.09. The molecule has 3 nitrogen and oxygen atoms in total. The highest BCUT2D eigenvalue weighted by Crippen LogP contribution is 2.29. The molecule has 2 amide bonds. The number of anilines is 2. The molecule has 1 aromatic heterocycles. The Balaban J connectivity index is 2.08. The number of thiophene rings is 1. The van der Waals surface area contributed by atoms with Crippen molar-refractivity contribution in [1.29, 1.82) is 0 Å². The number of benzene rings is 1. The van der Waals surface area contributed by atoms with Gasteiger partial charge in [0.05, 0.1) is 20.7 Å². The van der Waals surface area contributed by atoms with E-state index in [0.29, 0.717) is 15.7 Å². The van der Waals surface area contributed by atoms with Gasteiger partial charge < -0.3 is 5.32 Å². The summed E-state index contributed by atoms with van der Waals surface area (Å²) in [5.74, 6) is 0. The van der Waals surface area contributed by atoms with Gasteiger partial charge >= 0.3 is 6.03 Å². The molecule has 88 valence electrons. The Labute approximate surface area is 112 Å². The van der Waals surface area contributed by atoms with E-state index < -0.39 is 0 Å². The van der Waals surface area contributed by atoms with E-state index in [1.54, 1.807) is 24.3 Å². The van der Waals surface area contributed by atoms with Gasteiger partial charge in [0.25, 0.3) is 0 Å². The lowest BCUT2D eigenvalue weighted by molar-refractivity contribution is 0.262. The average molecular weight is 287 g/mol. The number of urea groups is 1. The normalized spacial score (nSPS) is 10.0. The van der Waals surface area contributed by atoms with Crippen LogP contribution < -0.4 is 10.6 Å². The first-order chi connectivity index (χ1) is 8.16. The first-order valence-electron chi connectivity index (χ1n) is 4.72. The SMILES string of the molecule is O=C(Nc1cccs1)Nc1c(Cl)cccc1Cl. The minimum absolute atomic E-state index is 0.373. The third-order valence-corrected chi connectivity index (χ3v) is 3.37. The van der Waals surface area contributed by atoms with E-state index >= 15 is 0 Å². The summed E-state index contributed by atoms with van der Waals surface area (Å²) in [6.45, 7) is 0. The van der Waals surface area contributed by atoms with Crippen LogP contribution in [0, 0.1) is 0 Å². The van der Waals surface area contributed by atoms with Gasteiger partial charge in [-0.3, -0.25) is 5.32 Å². The van der Waals surface area contributed by atoms with E-state index in [0.717, 1.165) is 5.00 Å². The molecule has 0 saturated carbocycles. The maximum atomic E-state index is 11.7. The Hall–Kier alpha value is -1.23. The molecule has 0 aliphatic heterocycles. The van der Waals surface area contributed by atoms with Crippen LogP contribution in [-0.4, -0.2) is 6.03 Å². The summed E-state index contributed by atoms with van der Waals surface area (Å²) in [7, 11) is 0. The maximum absolute atomic E-state index is 11.7. The molecule has 0 atom stereocenters. The molecule has 0 radical (unpaired) electrons. The van der Waals surface area contributed by atoms with Crippen LogP contribution in [0.15, 0.2) is 35.7 Å². The summed E-state index contributed by atoms with van der Waals surface area (Å²) in [6.07, 6.45) is 0. The zero-order chi connectivity index (χ0) is 12.3. The van der Waals surface area contributed by atoms with Gasteiger partial charge in [0.2, 0.25) is 0 Å². The topological polar surface area (TPSA) is 41.1 Å². The number of halogens is 2. The Bertz CT molecular complexity index is 508. The number of hydrogen-bond donors (Lipinski definition) is 2. The van der Waals surface area contributed by atoms with Crippen LogP contribution in [0.1, 0.15) is 0 Å². The van der Waals surface area contributed by atoms with Gasteiger partial charge in [-0.05, 0) is 29.6 Å². The van der Waals surface area contributed by atoms with Gasteiger partial charge in [-0.1, -0.05) is 29.3 Å². The van der Waals surface area contributed by atoms with Gasteiger partial charge in [-0.15, -0.1) is 11.3 Å². The standard InChI is InChI=1S/C11H8Cl2N2OS/c12-7-3-1-4-8(13)10(7)15-11(16)14-9-5-2-6-17-9/h1-6H,(H2,14,15,16). The lowest BCUT2D eigenvalue weighted by Crippen LogP contribution is -2.19. The number of carbonyl (C=O) groups excluding carboxylic acids is 1. The Morgan fingerprint density at radius 1 is 1.06 bits per heavy atom. The van der Waals surface area contributed by atoms with Crippen molar-refractivity contribution in [1.82, 2.24) is 0 Å². The molecule has 0 saturated heterocycles. The molecule has 0 fully saturated rings. The van der Waals surface area contributed by atoms with E-state index in [4.69, 9.17) is 23.2 Å². The maximum Gasteiger partial charge on any atom is 0.324 e. The first-order valence-corrected chi connectivity index (χ1v) is 6.36. The predicted molar refractivity (Wildman–Crippen MR) is 73.4 cm³/mol. The van der Waals surface area contributed by atoms with Crippen LogP contribution in [0.4, 0.5) is 15.5 Å². The van der Waals surface area contributed by atoms with Crippen molar-refractivity contribution in [2.45, 2.75) is 0 Å². The van der Waals surface area contributed by atoms with Crippen molar-refractivity contribution in [3.05, 3.63) is 45.8 Å². The zero-order valence-corrected chi connectivity index (χ0v) is 10.9.